The number of halogens is 1. The highest BCUT2D eigenvalue weighted by molar-refractivity contribution is 9.10. The Bertz CT molecular complexity index is 664. The van der Waals surface area contributed by atoms with Gasteiger partial charge in [-0.1, -0.05) is 0 Å². The van der Waals surface area contributed by atoms with Crippen molar-refractivity contribution in [3.8, 4) is 0 Å². The van der Waals surface area contributed by atoms with Crippen LogP contribution in [0.2, 0.25) is 0 Å². The Morgan fingerprint density at radius 3 is 2.75 bits per heavy atom. The molecule has 0 aliphatic heterocycles. The molecule has 0 fully saturated rings. The van der Waals surface area contributed by atoms with E-state index in [9.17, 15) is 9.59 Å². The second kappa shape index (κ2) is 6.69. The first-order chi connectivity index (χ1) is 9.60. The molecule has 4 N–H and O–H groups in total. The van der Waals surface area contributed by atoms with E-state index in [1.165, 1.54) is 0 Å². The summed E-state index contributed by atoms with van der Waals surface area (Å²) in [5, 5.41) is 5.71. The van der Waals surface area contributed by atoms with E-state index in [0.29, 0.717) is 34.3 Å². The summed E-state index contributed by atoms with van der Waals surface area (Å²) >= 11 is 3.36. The van der Waals surface area contributed by atoms with Gasteiger partial charge in [0.1, 0.15) is 0 Å². The third kappa shape index (κ3) is 3.69. The normalized spacial score (nSPS) is 10.9. The highest BCUT2D eigenvalue weighted by Gasteiger charge is 2.08. The van der Waals surface area contributed by atoms with Gasteiger partial charge in [-0.05, 0) is 28.1 Å². The molecule has 2 aromatic rings. The Morgan fingerprint density at radius 1 is 1.35 bits per heavy atom. The quantitative estimate of drug-likeness (QED) is 0.583. The van der Waals surface area contributed by atoms with Gasteiger partial charge >= 0.3 is 5.69 Å². The molecule has 0 atom stereocenters. The maximum absolute atomic E-state index is 11.8. The number of imidazole rings is 1. The first-order valence-corrected chi connectivity index (χ1v) is 6.80. The van der Waals surface area contributed by atoms with Crippen molar-refractivity contribution in [2.75, 3.05) is 32.1 Å². The number of carbonyl (C=O) groups is 1. The number of methoxy groups -OCH3 is 1. The summed E-state index contributed by atoms with van der Waals surface area (Å²) in [4.78, 5) is 28.2. The van der Waals surface area contributed by atoms with Crippen LogP contribution in [0.4, 0.5) is 5.69 Å². The Morgan fingerprint density at radius 2 is 2.05 bits per heavy atom. The molecule has 1 aromatic carbocycles. The van der Waals surface area contributed by atoms with E-state index < -0.39 is 0 Å². The molecule has 0 aliphatic carbocycles. The lowest BCUT2D eigenvalue weighted by Crippen LogP contribution is -2.30. The minimum Gasteiger partial charge on any atom is -0.383 e. The average molecular weight is 343 g/mol. The molecule has 0 radical (unpaired) electrons. The van der Waals surface area contributed by atoms with Gasteiger partial charge < -0.3 is 25.3 Å². The van der Waals surface area contributed by atoms with Crippen molar-refractivity contribution in [1.82, 2.24) is 15.3 Å². The van der Waals surface area contributed by atoms with Crippen LogP contribution in [0.1, 0.15) is 0 Å². The first-order valence-electron chi connectivity index (χ1n) is 6.01. The van der Waals surface area contributed by atoms with Crippen LogP contribution in [0.3, 0.4) is 0 Å². The summed E-state index contributed by atoms with van der Waals surface area (Å²) in [5.41, 5.74) is 1.64. The number of H-pyrrole nitrogens is 2. The molecule has 1 heterocycles. The Labute approximate surface area is 123 Å². The van der Waals surface area contributed by atoms with E-state index in [4.69, 9.17) is 4.74 Å². The van der Waals surface area contributed by atoms with Gasteiger partial charge in [-0.3, -0.25) is 4.79 Å². The second-order valence-electron chi connectivity index (χ2n) is 4.17. The second-order valence-corrected chi connectivity index (χ2v) is 5.03. The Hall–Kier alpha value is -1.64. The number of aromatic amines is 2. The standard InChI is InChI=1S/C12H15BrN4O3/c1-20-3-2-14-6-11(18)15-8-5-10-9(4-7(8)13)16-12(19)17-10/h4-5,14H,2-3,6H2,1H3,(H,15,18)(H2,16,17,19). The van der Waals surface area contributed by atoms with E-state index in [2.05, 4.69) is 36.5 Å². The van der Waals surface area contributed by atoms with Gasteiger partial charge in [-0.2, -0.15) is 0 Å². The van der Waals surface area contributed by atoms with Crippen LogP contribution in [-0.2, 0) is 9.53 Å². The van der Waals surface area contributed by atoms with E-state index >= 15 is 0 Å². The zero-order valence-electron chi connectivity index (χ0n) is 10.9. The van der Waals surface area contributed by atoms with Gasteiger partial charge in [-0.25, -0.2) is 4.79 Å². The van der Waals surface area contributed by atoms with Crippen LogP contribution in [-0.4, -0.2) is 42.7 Å². The fraction of sp³-hybridized carbons (Fsp3) is 0.333. The van der Waals surface area contributed by atoms with Crippen molar-refractivity contribution in [2.24, 2.45) is 0 Å². The molecule has 0 spiro atoms. The molecule has 1 amide bonds. The topological polar surface area (TPSA) is 99.0 Å². The smallest absolute Gasteiger partial charge is 0.323 e. The minimum absolute atomic E-state index is 0.168. The number of fused-ring (bicyclic) bond motifs is 1. The highest BCUT2D eigenvalue weighted by atomic mass is 79.9. The summed E-state index contributed by atoms with van der Waals surface area (Å²) in [5.74, 6) is -0.168. The molecule has 20 heavy (non-hydrogen) atoms. The predicted molar refractivity (Wildman–Crippen MR) is 80.0 cm³/mol. The van der Waals surface area contributed by atoms with Crippen LogP contribution >= 0.6 is 15.9 Å². The first kappa shape index (κ1) is 14.8. The molecular weight excluding hydrogens is 328 g/mol. The highest BCUT2D eigenvalue weighted by Crippen LogP contribution is 2.26. The number of ether oxygens (including phenoxy) is 1. The molecule has 0 unspecified atom stereocenters. The predicted octanol–water partition coefficient (Wildman–Crippen LogP) is 0.793. The number of anilines is 1. The number of aromatic nitrogens is 2. The Balaban J connectivity index is 2.03. The van der Waals surface area contributed by atoms with Gasteiger partial charge in [0.25, 0.3) is 0 Å². The lowest BCUT2D eigenvalue weighted by atomic mass is 10.2. The average Bonchev–Trinajstić information content (AvgIpc) is 2.74. The summed E-state index contributed by atoms with van der Waals surface area (Å²) in [6.07, 6.45) is 0. The van der Waals surface area contributed by atoms with Crippen LogP contribution in [0, 0.1) is 0 Å². The van der Waals surface area contributed by atoms with Crippen LogP contribution in [0.25, 0.3) is 11.0 Å². The molecule has 0 aliphatic rings. The molecule has 8 heteroatoms. The van der Waals surface area contributed by atoms with E-state index in [0.717, 1.165) is 0 Å². The van der Waals surface area contributed by atoms with Crippen LogP contribution in [0.15, 0.2) is 21.4 Å². The maximum atomic E-state index is 11.8. The molecule has 0 bridgehead atoms. The minimum atomic E-state index is -0.281. The fourth-order valence-electron chi connectivity index (χ4n) is 1.72. The Kier molecular flexibility index (Phi) is 4.94. The van der Waals surface area contributed by atoms with Gasteiger partial charge in [0.15, 0.2) is 0 Å². The van der Waals surface area contributed by atoms with Crippen molar-refractivity contribution in [3.05, 3.63) is 27.1 Å². The maximum Gasteiger partial charge on any atom is 0.323 e. The number of hydrogen-bond donors (Lipinski definition) is 4. The molecular formula is C12H15BrN4O3. The van der Waals surface area contributed by atoms with Crippen molar-refractivity contribution in [1.29, 1.82) is 0 Å². The summed E-state index contributed by atoms with van der Waals surface area (Å²) in [7, 11) is 1.60. The molecule has 2 rings (SSSR count). The molecule has 7 nitrogen and oxygen atoms in total. The zero-order valence-corrected chi connectivity index (χ0v) is 12.5. The summed E-state index contributed by atoms with van der Waals surface area (Å²) in [6.45, 7) is 1.35. The number of benzene rings is 1. The number of amides is 1. The molecule has 0 saturated heterocycles. The van der Waals surface area contributed by atoms with Crippen molar-refractivity contribution >= 4 is 38.6 Å². The van der Waals surface area contributed by atoms with Gasteiger partial charge in [0.05, 0.1) is 29.9 Å². The number of carbonyl (C=O) groups excluding carboxylic acids is 1. The van der Waals surface area contributed by atoms with Gasteiger partial charge in [-0.15, -0.1) is 0 Å². The fourth-order valence-corrected chi connectivity index (χ4v) is 2.16. The van der Waals surface area contributed by atoms with Gasteiger partial charge in [0, 0.05) is 18.1 Å². The van der Waals surface area contributed by atoms with Crippen molar-refractivity contribution in [2.45, 2.75) is 0 Å². The number of nitrogens with one attached hydrogen (secondary N) is 4. The van der Waals surface area contributed by atoms with Crippen LogP contribution < -0.4 is 16.3 Å². The van der Waals surface area contributed by atoms with Crippen molar-refractivity contribution < 1.29 is 9.53 Å². The zero-order chi connectivity index (χ0) is 14.5. The van der Waals surface area contributed by atoms with Crippen LogP contribution in [0.5, 0.6) is 0 Å². The molecule has 1 aromatic heterocycles. The molecule has 108 valence electrons. The summed E-state index contributed by atoms with van der Waals surface area (Å²) < 4.78 is 5.57. The third-order valence-corrected chi connectivity index (χ3v) is 3.30. The number of rotatable bonds is 6. The van der Waals surface area contributed by atoms with E-state index in [1.54, 1.807) is 19.2 Å². The largest absolute Gasteiger partial charge is 0.383 e. The van der Waals surface area contributed by atoms with E-state index in [1.807, 2.05) is 0 Å². The van der Waals surface area contributed by atoms with Crippen molar-refractivity contribution in [3.63, 3.8) is 0 Å². The lowest BCUT2D eigenvalue weighted by molar-refractivity contribution is -0.115. The third-order valence-electron chi connectivity index (χ3n) is 2.65. The SMILES string of the molecule is COCCNCC(=O)Nc1cc2[nH]c(=O)[nH]c2cc1Br. The summed E-state index contributed by atoms with van der Waals surface area (Å²) in [6, 6.07) is 3.44. The van der Waals surface area contributed by atoms with E-state index in [-0.39, 0.29) is 18.1 Å². The molecule has 0 saturated carbocycles. The van der Waals surface area contributed by atoms with Gasteiger partial charge in [0.2, 0.25) is 5.91 Å². The monoisotopic (exact) mass is 342 g/mol. The number of hydrogen-bond acceptors (Lipinski definition) is 4. The lowest BCUT2D eigenvalue weighted by Gasteiger charge is -2.08.